The Kier molecular flexibility index (Phi) is 3.06. The van der Waals surface area contributed by atoms with Crippen LogP contribution in [0.1, 0.15) is 31.4 Å². The molecule has 1 N–H and O–H groups in total. The minimum Gasteiger partial charge on any atom is -0.325 e. The van der Waals surface area contributed by atoms with Gasteiger partial charge in [0.25, 0.3) is 0 Å². The lowest BCUT2D eigenvalue weighted by Crippen LogP contribution is -2.17. The summed E-state index contributed by atoms with van der Waals surface area (Å²) in [5.41, 5.74) is 3.38. The third kappa shape index (κ3) is 2.54. The van der Waals surface area contributed by atoms with E-state index < -0.39 is 0 Å². The first-order valence-electron chi connectivity index (χ1n) is 5.89. The van der Waals surface area contributed by atoms with Crippen molar-refractivity contribution in [2.24, 2.45) is 11.3 Å². The highest BCUT2D eigenvalue weighted by Gasteiger charge is 2.50. The molecule has 0 spiro atoms. The Balaban J connectivity index is 2.17. The van der Waals surface area contributed by atoms with Gasteiger partial charge in [-0.15, -0.1) is 0 Å². The van der Waals surface area contributed by atoms with Gasteiger partial charge < -0.3 is 5.32 Å². The molecule has 1 aromatic carbocycles. The zero-order chi connectivity index (χ0) is 12.8. The molecular weight excluding hydrogens is 278 g/mol. The molecule has 1 unspecified atom stereocenters. The Morgan fingerprint density at radius 3 is 2.47 bits per heavy atom. The van der Waals surface area contributed by atoms with E-state index in [9.17, 15) is 4.79 Å². The molecule has 3 heteroatoms. The Morgan fingerprint density at radius 1 is 1.41 bits per heavy atom. The van der Waals surface area contributed by atoms with Crippen LogP contribution in [0, 0.1) is 25.2 Å². The molecule has 2 nitrogen and oxygen atoms in total. The highest BCUT2D eigenvalue weighted by atomic mass is 79.9. The van der Waals surface area contributed by atoms with E-state index in [1.165, 1.54) is 5.56 Å². The minimum absolute atomic E-state index is 0.141. The molecular formula is C14H18BrNO. The molecule has 1 fully saturated rings. The Morgan fingerprint density at radius 2 is 2.00 bits per heavy atom. The summed E-state index contributed by atoms with van der Waals surface area (Å²) in [4.78, 5) is 12.0. The zero-order valence-corrected chi connectivity index (χ0v) is 12.3. The van der Waals surface area contributed by atoms with Gasteiger partial charge in [-0.3, -0.25) is 4.79 Å². The molecule has 1 amide bonds. The summed E-state index contributed by atoms with van der Waals surface area (Å²) in [7, 11) is 0. The maximum Gasteiger partial charge on any atom is 0.228 e. The number of halogens is 1. The number of nitrogens with one attached hydrogen (secondary N) is 1. The van der Waals surface area contributed by atoms with E-state index in [-0.39, 0.29) is 17.2 Å². The topological polar surface area (TPSA) is 29.1 Å². The molecule has 0 bridgehead atoms. The van der Waals surface area contributed by atoms with E-state index in [0.29, 0.717) is 0 Å². The number of amides is 1. The standard InChI is InChI=1S/C14H18BrNO/c1-8-5-9(2)12(11(15)6-8)16-13(17)10-7-14(10,3)4/h5-6,10H,7H2,1-4H3,(H,16,17). The normalized spacial score (nSPS) is 21.1. The highest BCUT2D eigenvalue weighted by molar-refractivity contribution is 9.10. The number of aryl methyl sites for hydroxylation is 2. The van der Waals surface area contributed by atoms with Gasteiger partial charge in [-0.05, 0) is 58.8 Å². The lowest BCUT2D eigenvalue weighted by molar-refractivity contribution is -0.118. The van der Waals surface area contributed by atoms with Gasteiger partial charge in [0.1, 0.15) is 0 Å². The van der Waals surface area contributed by atoms with Crippen LogP contribution in [-0.2, 0) is 4.79 Å². The number of benzene rings is 1. The predicted molar refractivity (Wildman–Crippen MR) is 74.1 cm³/mol. The molecule has 0 saturated heterocycles. The summed E-state index contributed by atoms with van der Waals surface area (Å²) in [5.74, 6) is 0.303. The Bertz CT molecular complexity index is 456. The van der Waals surface area contributed by atoms with Crippen molar-refractivity contribution in [3.8, 4) is 0 Å². The van der Waals surface area contributed by atoms with Crippen LogP contribution in [0.5, 0.6) is 0 Å². The number of anilines is 1. The molecule has 0 aliphatic heterocycles. The smallest absolute Gasteiger partial charge is 0.228 e. The number of carbonyl (C=O) groups excluding carboxylic acids is 1. The van der Waals surface area contributed by atoms with Crippen molar-refractivity contribution in [1.29, 1.82) is 0 Å². The average molecular weight is 296 g/mol. The summed E-state index contributed by atoms with van der Waals surface area (Å²) in [5, 5.41) is 3.04. The molecule has 0 radical (unpaired) electrons. The summed E-state index contributed by atoms with van der Waals surface area (Å²) in [6.45, 7) is 8.33. The number of rotatable bonds is 2. The first kappa shape index (κ1) is 12.6. The van der Waals surface area contributed by atoms with Crippen LogP contribution >= 0.6 is 15.9 Å². The van der Waals surface area contributed by atoms with Crippen LogP contribution in [-0.4, -0.2) is 5.91 Å². The fraction of sp³-hybridized carbons (Fsp3) is 0.500. The second-order valence-electron chi connectivity index (χ2n) is 5.67. The second kappa shape index (κ2) is 4.13. The van der Waals surface area contributed by atoms with Crippen molar-refractivity contribution in [1.82, 2.24) is 0 Å². The van der Waals surface area contributed by atoms with Crippen LogP contribution < -0.4 is 5.32 Å². The fourth-order valence-corrected chi connectivity index (χ4v) is 2.97. The quantitative estimate of drug-likeness (QED) is 0.876. The third-order valence-electron chi connectivity index (χ3n) is 3.51. The van der Waals surface area contributed by atoms with E-state index in [1.807, 2.05) is 19.9 Å². The van der Waals surface area contributed by atoms with Crippen LogP contribution in [0.3, 0.4) is 0 Å². The van der Waals surface area contributed by atoms with Gasteiger partial charge in [-0.1, -0.05) is 19.9 Å². The van der Waals surface area contributed by atoms with Crippen LogP contribution in [0.25, 0.3) is 0 Å². The van der Waals surface area contributed by atoms with E-state index >= 15 is 0 Å². The predicted octanol–water partition coefficient (Wildman–Crippen LogP) is 4.05. The summed E-state index contributed by atoms with van der Waals surface area (Å²) in [6.07, 6.45) is 0.987. The lowest BCUT2D eigenvalue weighted by atomic mass is 10.1. The first-order valence-corrected chi connectivity index (χ1v) is 6.68. The van der Waals surface area contributed by atoms with Gasteiger partial charge >= 0.3 is 0 Å². The summed E-state index contributed by atoms with van der Waals surface area (Å²) < 4.78 is 0.960. The van der Waals surface area contributed by atoms with Crippen molar-refractivity contribution < 1.29 is 4.79 Å². The zero-order valence-electron chi connectivity index (χ0n) is 10.7. The minimum atomic E-state index is 0.141. The Hall–Kier alpha value is -0.830. The molecule has 1 aromatic rings. The summed E-state index contributed by atoms with van der Waals surface area (Å²) in [6, 6.07) is 4.11. The molecule has 1 aliphatic carbocycles. The van der Waals surface area contributed by atoms with Crippen molar-refractivity contribution in [2.45, 2.75) is 34.1 Å². The molecule has 17 heavy (non-hydrogen) atoms. The van der Waals surface area contributed by atoms with E-state index in [1.54, 1.807) is 0 Å². The molecule has 1 saturated carbocycles. The van der Waals surface area contributed by atoms with Gasteiger partial charge in [-0.2, -0.15) is 0 Å². The van der Waals surface area contributed by atoms with Gasteiger partial charge in [-0.25, -0.2) is 0 Å². The average Bonchev–Trinajstić information content (AvgIpc) is 2.81. The number of carbonyl (C=O) groups is 1. The van der Waals surface area contributed by atoms with E-state index in [0.717, 1.165) is 22.1 Å². The largest absolute Gasteiger partial charge is 0.325 e. The van der Waals surface area contributed by atoms with Gasteiger partial charge in [0.05, 0.1) is 5.69 Å². The first-order chi connectivity index (χ1) is 7.81. The van der Waals surface area contributed by atoms with Crippen LogP contribution in [0.2, 0.25) is 0 Å². The number of hydrogen-bond acceptors (Lipinski definition) is 1. The SMILES string of the molecule is Cc1cc(C)c(NC(=O)C2CC2(C)C)c(Br)c1. The molecule has 92 valence electrons. The van der Waals surface area contributed by atoms with Crippen molar-refractivity contribution in [3.63, 3.8) is 0 Å². The molecule has 0 heterocycles. The molecule has 0 aromatic heterocycles. The Labute approximate surface area is 111 Å². The van der Waals surface area contributed by atoms with E-state index in [4.69, 9.17) is 0 Å². The number of hydrogen-bond donors (Lipinski definition) is 1. The molecule has 2 rings (SSSR count). The molecule has 1 aliphatic rings. The van der Waals surface area contributed by atoms with E-state index in [2.05, 4.69) is 41.2 Å². The maximum absolute atomic E-state index is 12.0. The van der Waals surface area contributed by atoms with Crippen molar-refractivity contribution in [2.75, 3.05) is 5.32 Å². The van der Waals surface area contributed by atoms with Gasteiger partial charge in [0.15, 0.2) is 0 Å². The molecule has 1 atom stereocenters. The van der Waals surface area contributed by atoms with Gasteiger partial charge in [0.2, 0.25) is 5.91 Å². The summed E-state index contributed by atoms with van der Waals surface area (Å²) >= 11 is 3.51. The maximum atomic E-state index is 12.0. The highest BCUT2D eigenvalue weighted by Crippen LogP contribution is 2.52. The van der Waals surface area contributed by atoms with Crippen molar-refractivity contribution >= 4 is 27.5 Å². The van der Waals surface area contributed by atoms with Crippen LogP contribution in [0.4, 0.5) is 5.69 Å². The third-order valence-corrected chi connectivity index (χ3v) is 4.14. The van der Waals surface area contributed by atoms with Crippen molar-refractivity contribution in [3.05, 3.63) is 27.7 Å². The second-order valence-corrected chi connectivity index (χ2v) is 6.53. The van der Waals surface area contributed by atoms with Gasteiger partial charge in [0, 0.05) is 10.4 Å². The monoisotopic (exact) mass is 295 g/mol. The fourth-order valence-electron chi connectivity index (χ4n) is 2.20. The van der Waals surface area contributed by atoms with Crippen LogP contribution in [0.15, 0.2) is 16.6 Å². The lowest BCUT2D eigenvalue weighted by Gasteiger charge is -2.12.